The molecule has 10 aromatic rings. The van der Waals surface area contributed by atoms with Gasteiger partial charge in [0.05, 0.1) is 5.41 Å². The number of fused-ring (bicyclic) bond motifs is 8. The van der Waals surface area contributed by atoms with Crippen molar-refractivity contribution in [2.45, 2.75) is 5.41 Å². The summed E-state index contributed by atoms with van der Waals surface area (Å²) in [7, 11) is 0. The molecule has 1 aliphatic rings. The Kier molecular flexibility index (Phi) is 6.23. The number of furan rings is 1. The Labute approximate surface area is 302 Å². The molecule has 9 aromatic carbocycles. The van der Waals surface area contributed by atoms with Crippen LogP contribution in [0, 0.1) is 0 Å². The molecule has 0 amide bonds. The molecule has 0 N–H and O–H groups in total. The van der Waals surface area contributed by atoms with Gasteiger partial charge in [-0.1, -0.05) is 158 Å². The van der Waals surface area contributed by atoms with Crippen molar-refractivity contribution in [1.29, 1.82) is 0 Å². The molecule has 0 atom stereocenters. The number of rotatable bonds is 4. The lowest BCUT2D eigenvalue weighted by Gasteiger charge is -2.34. The Balaban J connectivity index is 1.23. The van der Waals surface area contributed by atoms with Crippen LogP contribution in [-0.2, 0) is 5.41 Å². The largest absolute Gasteiger partial charge is 0.456 e. The molecule has 0 saturated heterocycles. The fourth-order valence-electron chi connectivity index (χ4n) is 9.05. The molecule has 1 nitrogen and oxygen atoms in total. The summed E-state index contributed by atoms with van der Waals surface area (Å²) in [5.74, 6) is 0. The third-order valence-corrected chi connectivity index (χ3v) is 11.3. The van der Waals surface area contributed by atoms with E-state index in [0.717, 1.165) is 21.9 Å². The normalized spacial score (nSPS) is 13.2. The Morgan fingerprint density at radius 3 is 1.69 bits per heavy atom. The molecule has 1 heterocycles. The van der Waals surface area contributed by atoms with E-state index in [2.05, 4.69) is 194 Å². The number of benzene rings is 9. The molecule has 1 aliphatic carbocycles. The fraction of sp³-hybridized carbons (Fsp3) is 0.0196. The molecule has 242 valence electrons. The molecule has 0 aliphatic heterocycles. The van der Waals surface area contributed by atoms with E-state index in [9.17, 15) is 0 Å². The maximum Gasteiger partial charge on any atom is 0.136 e. The van der Waals surface area contributed by atoms with Crippen molar-refractivity contribution in [3.05, 3.63) is 216 Å². The summed E-state index contributed by atoms with van der Waals surface area (Å²) in [4.78, 5) is 0. The van der Waals surface area contributed by atoms with Crippen LogP contribution in [0.3, 0.4) is 0 Å². The van der Waals surface area contributed by atoms with Crippen molar-refractivity contribution < 1.29 is 4.42 Å². The summed E-state index contributed by atoms with van der Waals surface area (Å²) in [6.45, 7) is 0. The van der Waals surface area contributed by atoms with Gasteiger partial charge < -0.3 is 4.42 Å². The van der Waals surface area contributed by atoms with Crippen LogP contribution in [0.2, 0.25) is 0 Å². The summed E-state index contributed by atoms with van der Waals surface area (Å²) in [5.41, 5.74) is 13.8. The highest BCUT2D eigenvalue weighted by Crippen LogP contribution is 2.58. The Morgan fingerprint density at radius 1 is 0.327 bits per heavy atom. The second kappa shape index (κ2) is 11.2. The van der Waals surface area contributed by atoms with Crippen LogP contribution in [0.15, 0.2) is 199 Å². The van der Waals surface area contributed by atoms with Gasteiger partial charge in [0.2, 0.25) is 0 Å². The smallest absolute Gasteiger partial charge is 0.136 e. The zero-order valence-electron chi connectivity index (χ0n) is 28.4. The molecular formula is C51H32O. The van der Waals surface area contributed by atoms with Crippen LogP contribution < -0.4 is 0 Å². The summed E-state index contributed by atoms with van der Waals surface area (Å²) >= 11 is 0. The van der Waals surface area contributed by atoms with E-state index in [1.54, 1.807) is 0 Å². The lowest BCUT2D eigenvalue weighted by Crippen LogP contribution is -2.28. The average Bonchev–Trinajstić information content (AvgIpc) is 3.72. The average molecular weight is 661 g/mol. The first-order valence-corrected chi connectivity index (χ1v) is 18.0. The highest BCUT2D eigenvalue weighted by Gasteiger charge is 2.46. The fourth-order valence-corrected chi connectivity index (χ4v) is 9.05. The zero-order valence-corrected chi connectivity index (χ0v) is 28.4. The summed E-state index contributed by atoms with van der Waals surface area (Å²) in [5, 5.41) is 7.20. The lowest BCUT2D eigenvalue weighted by molar-refractivity contribution is 0.669. The van der Waals surface area contributed by atoms with E-state index in [-0.39, 0.29) is 0 Å². The molecule has 1 aromatic heterocycles. The van der Waals surface area contributed by atoms with Crippen molar-refractivity contribution in [1.82, 2.24) is 0 Å². The maximum absolute atomic E-state index is 6.54. The minimum Gasteiger partial charge on any atom is -0.456 e. The van der Waals surface area contributed by atoms with Crippen molar-refractivity contribution in [2.75, 3.05) is 0 Å². The monoisotopic (exact) mass is 660 g/mol. The van der Waals surface area contributed by atoms with Crippen LogP contribution in [0.5, 0.6) is 0 Å². The van der Waals surface area contributed by atoms with Gasteiger partial charge >= 0.3 is 0 Å². The Bertz CT molecular complexity index is 2950. The van der Waals surface area contributed by atoms with E-state index < -0.39 is 5.41 Å². The topological polar surface area (TPSA) is 13.1 Å². The third-order valence-electron chi connectivity index (χ3n) is 11.3. The highest BCUT2D eigenvalue weighted by molar-refractivity contribution is 6.16. The lowest BCUT2D eigenvalue weighted by atomic mass is 9.67. The van der Waals surface area contributed by atoms with Crippen LogP contribution >= 0.6 is 0 Å². The molecule has 52 heavy (non-hydrogen) atoms. The third kappa shape index (κ3) is 4.11. The molecule has 1 heteroatoms. The van der Waals surface area contributed by atoms with Gasteiger partial charge in [0, 0.05) is 10.8 Å². The summed E-state index contributed by atoms with van der Waals surface area (Å²) in [6.07, 6.45) is 0. The quantitative estimate of drug-likeness (QED) is 0.183. The van der Waals surface area contributed by atoms with Gasteiger partial charge in [-0.05, 0) is 114 Å². The summed E-state index contributed by atoms with van der Waals surface area (Å²) in [6, 6.07) is 71.2. The van der Waals surface area contributed by atoms with Gasteiger partial charge in [-0.15, -0.1) is 0 Å². The van der Waals surface area contributed by atoms with E-state index >= 15 is 0 Å². The first kappa shape index (κ1) is 29.1. The SMILES string of the molecule is c1ccc(-c2cccc3cc4c(cc23)C(c2ccccc2)(c2ccccc2)c2cc(-c3cccc5oc6cc7ccccc7cc6c35)ccc2-4)cc1. The van der Waals surface area contributed by atoms with Crippen molar-refractivity contribution in [2.24, 2.45) is 0 Å². The van der Waals surface area contributed by atoms with Crippen molar-refractivity contribution in [3.63, 3.8) is 0 Å². The molecule has 0 spiro atoms. The van der Waals surface area contributed by atoms with Crippen molar-refractivity contribution in [3.8, 4) is 33.4 Å². The minimum atomic E-state index is -0.538. The Hall–Kier alpha value is -6.70. The standard InChI is InChI=1S/C51H32O/c1-4-14-33(15-5-1)40-23-12-18-36-29-44-42-27-26-37(41-24-13-25-48-50(41)45-28-34-16-10-11-17-35(34)31-49(45)52-48)30-46(42)51(47(44)32-43(36)40,38-19-6-2-7-20-38)39-21-8-3-9-22-39/h1-32H. The molecule has 0 saturated carbocycles. The number of hydrogen-bond acceptors (Lipinski definition) is 1. The molecular weight excluding hydrogens is 629 g/mol. The molecule has 11 rings (SSSR count). The molecule has 0 fully saturated rings. The number of hydrogen-bond donors (Lipinski definition) is 0. The van der Waals surface area contributed by atoms with Gasteiger partial charge in [0.25, 0.3) is 0 Å². The van der Waals surface area contributed by atoms with Gasteiger partial charge in [-0.3, -0.25) is 0 Å². The zero-order chi connectivity index (χ0) is 34.2. The van der Waals surface area contributed by atoms with Gasteiger partial charge in [0.15, 0.2) is 0 Å². The predicted octanol–water partition coefficient (Wildman–Crippen LogP) is 13.6. The first-order valence-electron chi connectivity index (χ1n) is 18.0. The molecule has 0 radical (unpaired) electrons. The molecule has 0 bridgehead atoms. The minimum absolute atomic E-state index is 0.538. The predicted molar refractivity (Wildman–Crippen MR) is 217 cm³/mol. The molecule has 0 unspecified atom stereocenters. The van der Waals surface area contributed by atoms with E-state index in [0.29, 0.717) is 0 Å². The van der Waals surface area contributed by atoms with E-state index in [1.807, 2.05) is 0 Å². The van der Waals surface area contributed by atoms with Crippen LogP contribution in [0.4, 0.5) is 0 Å². The van der Waals surface area contributed by atoms with Crippen LogP contribution in [0.1, 0.15) is 22.3 Å². The Morgan fingerprint density at radius 2 is 0.942 bits per heavy atom. The second-order valence-corrected chi connectivity index (χ2v) is 14.0. The van der Waals surface area contributed by atoms with Crippen LogP contribution in [-0.4, -0.2) is 0 Å². The van der Waals surface area contributed by atoms with Crippen molar-refractivity contribution >= 4 is 43.5 Å². The van der Waals surface area contributed by atoms with Gasteiger partial charge in [0.1, 0.15) is 11.2 Å². The highest BCUT2D eigenvalue weighted by atomic mass is 16.3. The van der Waals surface area contributed by atoms with Gasteiger partial charge in [-0.2, -0.15) is 0 Å². The maximum atomic E-state index is 6.54. The van der Waals surface area contributed by atoms with Crippen LogP contribution in [0.25, 0.3) is 76.9 Å². The summed E-state index contributed by atoms with van der Waals surface area (Å²) < 4.78 is 6.54. The van der Waals surface area contributed by atoms with E-state index in [4.69, 9.17) is 4.42 Å². The van der Waals surface area contributed by atoms with Gasteiger partial charge in [-0.25, -0.2) is 0 Å². The second-order valence-electron chi connectivity index (χ2n) is 14.0. The first-order chi connectivity index (χ1) is 25.8. The van der Waals surface area contributed by atoms with E-state index in [1.165, 1.54) is 77.2 Å².